The number of fused-ring (bicyclic) bond motifs is 4. The largest absolute Gasteiger partial charge is 0.295 e. The molecule has 0 spiro atoms. The maximum atomic E-state index is 13.7. The lowest BCUT2D eigenvalue weighted by molar-refractivity contribution is -0.135. The minimum Gasteiger partial charge on any atom is -0.295 e. The molecule has 1 N–H and O–H groups in total. The van der Waals surface area contributed by atoms with Crippen molar-refractivity contribution < 1.29 is 9.59 Å². The second-order valence-corrected chi connectivity index (χ2v) is 14.5. The van der Waals surface area contributed by atoms with Gasteiger partial charge in [-0.1, -0.05) is 53.5 Å². The number of halogens is 1. The quantitative estimate of drug-likeness (QED) is 0.142. The third kappa shape index (κ3) is 6.53. The van der Waals surface area contributed by atoms with E-state index in [1.807, 2.05) is 48.1 Å². The molecule has 2 aromatic carbocycles. The zero-order valence-electron chi connectivity index (χ0n) is 29.6. The van der Waals surface area contributed by atoms with E-state index in [1.54, 1.807) is 36.6 Å². The van der Waals surface area contributed by atoms with E-state index in [1.165, 1.54) is 4.57 Å². The zero-order valence-corrected chi connectivity index (χ0v) is 31.2. The number of carbonyl (C=O) groups is 2. The number of aliphatic imine (C=N–C) groups is 1. The number of carbonyl (C=O) groups excluding carboxylic acids is 2. The molecule has 0 radical (unpaired) electrons. The van der Waals surface area contributed by atoms with Crippen molar-refractivity contribution in [1.29, 1.82) is 0 Å². The molecule has 1 fully saturated rings. The van der Waals surface area contributed by atoms with Gasteiger partial charge in [0.25, 0.3) is 5.56 Å². The summed E-state index contributed by atoms with van der Waals surface area (Å²) >= 11 is 7.80. The zero-order chi connectivity index (χ0) is 37.5. The van der Waals surface area contributed by atoms with Gasteiger partial charge in [0.2, 0.25) is 11.8 Å². The molecule has 4 aromatic heterocycles. The predicted octanol–water partition coefficient (Wildman–Crippen LogP) is 5.37. The molecule has 54 heavy (non-hydrogen) atoms. The lowest BCUT2D eigenvalue weighted by Crippen LogP contribution is -2.45. The van der Waals surface area contributed by atoms with Crippen LogP contribution < -0.4 is 10.9 Å². The minimum atomic E-state index is -0.796. The summed E-state index contributed by atoms with van der Waals surface area (Å²) in [7, 11) is 0. The number of hydrogen-bond donors (Lipinski definition) is 1. The Kier molecular flexibility index (Phi) is 9.28. The first-order valence-electron chi connectivity index (χ1n) is 17.4. The average Bonchev–Trinajstić information content (AvgIpc) is 3.82. The standard InChI is InChI=1S/C40H32ClN9O3S/c1-23-32(54-40-35(23)37(28-12-14-29(41)15-13-28)42-21-33-47-46-25(3)50(33)40)17-11-26-20-43-48(22-26)19-6-4-5-8-27-9-7-10-30-36(27)39(53)49(24(2)44-30)31-16-18-34(51)45-38(31)52/h7,9-10,12-15,20,22,31H,4,6,16,18-19,21H2,1-3H3,(H,45,51,52). The predicted molar refractivity (Wildman–Crippen MR) is 206 cm³/mol. The molecule has 0 aliphatic carbocycles. The Morgan fingerprint density at radius 1 is 1.00 bits per heavy atom. The van der Waals surface area contributed by atoms with E-state index >= 15 is 0 Å². The molecule has 2 amide bonds. The third-order valence-electron chi connectivity index (χ3n) is 9.45. The topological polar surface area (TPSA) is 142 Å². The van der Waals surface area contributed by atoms with Gasteiger partial charge < -0.3 is 0 Å². The van der Waals surface area contributed by atoms with E-state index in [-0.39, 0.29) is 24.3 Å². The van der Waals surface area contributed by atoms with Gasteiger partial charge >= 0.3 is 0 Å². The highest BCUT2D eigenvalue weighted by Gasteiger charge is 2.31. The highest BCUT2D eigenvalue weighted by atomic mass is 35.5. The fourth-order valence-corrected chi connectivity index (χ4v) is 8.18. The normalized spacial score (nSPS) is 15.0. The monoisotopic (exact) mass is 753 g/mol. The number of imide groups is 1. The summed E-state index contributed by atoms with van der Waals surface area (Å²) in [6.45, 7) is 6.76. The Morgan fingerprint density at radius 3 is 2.65 bits per heavy atom. The summed E-state index contributed by atoms with van der Waals surface area (Å²) in [5.74, 6) is 14.2. The number of nitrogens with one attached hydrogen (secondary N) is 1. The fraction of sp³-hybridized carbons (Fsp3) is 0.250. The first kappa shape index (κ1) is 34.9. The lowest BCUT2D eigenvalue weighted by Gasteiger charge is -2.24. The lowest BCUT2D eigenvalue weighted by atomic mass is 10.00. The van der Waals surface area contributed by atoms with Gasteiger partial charge in [-0.15, -0.1) is 21.5 Å². The molecule has 12 nitrogen and oxygen atoms in total. The van der Waals surface area contributed by atoms with Crippen molar-refractivity contribution in [3.8, 4) is 28.7 Å². The van der Waals surface area contributed by atoms with Crippen LogP contribution in [-0.2, 0) is 22.7 Å². The molecular formula is C40H32ClN9O3S. The molecule has 6 aromatic rings. The summed E-state index contributed by atoms with van der Waals surface area (Å²) in [4.78, 5) is 48.5. The minimum absolute atomic E-state index is 0.163. The molecule has 1 saturated heterocycles. The van der Waals surface area contributed by atoms with Crippen molar-refractivity contribution in [1.82, 2.24) is 39.4 Å². The maximum Gasteiger partial charge on any atom is 0.263 e. The van der Waals surface area contributed by atoms with Crippen molar-refractivity contribution in [2.75, 3.05) is 0 Å². The molecule has 2 aliphatic rings. The van der Waals surface area contributed by atoms with Gasteiger partial charge in [-0.25, -0.2) is 4.98 Å². The third-order valence-corrected chi connectivity index (χ3v) is 10.9. The van der Waals surface area contributed by atoms with Crippen molar-refractivity contribution in [2.24, 2.45) is 4.99 Å². The molecule has 1 unspecified atom stereocenters. The van der Waals surface area contributed by atoms with Gasteiger partial charge in [-0.3, -0.25) is 38.5 Å². The smallest absolute Gasteiger partial charge is 0.263 e. The van der Waals surface area contributed by atoms with E-state index in [9.17, 15) is 14.4 Å². The number of hydrogen-bond acceptors (Lipinski definition) is 9. The summed E-state index contributed by atoms with van der Waals surface area (Å²) in [5, 5.41) is 17.6. The van der Waals surface area contributed by atoms with Crippen molar-refractivity contribution in [3.63, 3.8) is 0 Å². The number of nitrogens with zero attached hydrogens (tertiary/aromatic N) is 8. The molecule has 8 rings (SSSR count). The van der Waals surface area contributed by atoms with E-state index in [0.29, 0.717) is 46.8 Å². The SMILES string of the molecule is Cc1c(C#Cc2cnn(CCCC#Cc3cccc4nc(C)n(C5CCC(=O)NC5=O)c(=O)c34)c2)sc2c1C(c1ccc(Cl)cc1)=NCc1nnc(C)n1-2. The van der Waals surface area contributed by atoms with E-state index in [0.717, 1.165) is 55.9 Å². The Hall–Kier alpha value is -6.15. The van der Waals surface area contributed by atoms with Crippen LogP contribution in [0.25, 0.3) is 15.9 Å². The van der Waals surface area contributed by atoms with Crippen LogP contribution in [0.5, 0.6) is 0 Å². The van der Waals surface area contributed by atoms with Crippen molar-refractivity contribution in [2.45, 2.75) is 65.6 Å². The number of amides is 2. The summed E-state index contributed by atoms with van der Waals surface area (Å²) in [6, 6.07) is 12.3. The van der Waals surface area contributed by atoms with E-state index in [4.69, 9.17) is 16.6 Å². The summed E-state index contributed by atoms with van der Waals surface area (Å²) < 4.78 is 5.30. The highest BCUT2D eigenvalue weighted by molar-refractivity contribution is 7.15. The summed E-state index contributed by atoms with van der Waals surface area (Å²) in [6.07, 6.45) is 5.39. The Labute approximate surface area is 318 Å². The number of aromatic nitrogens is 7. The second-order valence-electron chi connectivity index (χ2n) is 13.1. The van der Waals surface area contributed by atoms with Crippen LogP contribution in [0.4, 0.5) is 0 Å². The van der Waals surface area contributed by atoms with Gasteiger partial charge in [0.1, 0.15) is 29.2 Å². The van der Waals surface area contributed by atoms with Crippen molar-refractivity contribution >= 4 is 51.4 Å². The van der Waals surface area contributed by atoms with Crippen LogP contribution in [-0.4, -0.2) is 51.6 Å². The molecule has 268 valence electrons. The van der Waals surface area contributed by atoms with Gasteiger partial charge in [0.15, 0.2) is 5.82 Å². The van der Waals surface area contributed by atoms with Crippen LogP contribution in [0.2, 0.25) is 5.02 Å². The Morgan fingerprint density at radius 2 is 1.83 bits per heavy atom. The maximum absolute atomic E-state index is 13.7. The van der Waals surface area contributed by atoms with Gasteiger partial charge in [-0.2, -0.15) is 5.10 Å². The Balaban J connectivity index is 0.980. The summed E-state index contributed by atoms with van der Waals surface area (Å²) in [5.41, 5.74) is 5.41. The number of aryl methyl sites for hydroxylation is 3. The van der Waals surface area contributed by atoms with Gasteiger partial charge in [0, 0.05) is 47.3 Å². The van der Waals surface area contributed by atoms with Gasteiger partial charge in [-0.05, 0) is 63.4 Å². The molecule has 1 atom stereocenters. The first-order valence-corrected chi connectivity index (χ1v) is 18.6. The van der Waals surface area contributed by atoms with Crippen molar-refractivity contribution in [3.05, 3.63) is 120 Å². The highest BCUT2D eigenvalue weighted by Crippen LogP contribution is 2.36. The van der Waals surface area contributed by atoms with Gasteiger partial charge in [0.05, 0.1) is 33.3 Å². The molecule has 14 heteroatoms. The van der Waals surface area contributed by atoms with Crippen LogP contribution >= 0.6 is 22.9 Å². The van der Waals surface area contributed by atoms with E-state index in [2.05, 4.69) is 60.8 Å². The van der Waals surface area contributed by atoms with Crippen LogP contribution in [0.15, 0.2) is 64.6 Å². The van der Waals surface area contributed by atoms with E-state index < -0.39 is 11.9 Å². The molecule has 0 bridgehead atoms. The number of unbranched alkanes of at least 4 members (excludes halogenated alkanes) is 1. The molecule has 2 aliphatic heterocycles. The first-order chi connectivity index (χ1) is 26.2. The molecule has 6 heterocycles. The van der Waals surface area contributed by atoms with Crippen LogP contribution in [0, 0.1) is 44.5 Å². The fourth-order valence-electron chi connectivity index (χ4n) is 6.82. The number of benzene rings is 2. The second kappa shape index (κ2) is 14.3. The molecule has 0 saturated carbocycles. The van der Waals surface area contributed by atoms with Crippen LogP contribution in [0.3, 0.4) is 0 Å². The number of rotatable bonds is 5. The Bertz CT molecular complexity index is 2730. The molecular weight excluding hydrogens is 722 g/mol. The number of piperidine rings is 1. The van der Waals surface area contributed by atoms with Crippen LogP contribution in [0.1, 0.15) is 81.9 Å². The average molecular weight is 754 g/mol. The number of thiophene rings is 1.